The summed E-state index contributed by atoms with van der Waals surface area (Å²) in [6.45, 7) is 4.89. The van der Waals surface area contributed by atoms with Crippen LogP contribution < -0.4 is 0 Å². The molecule has 5 nitrogen and oxygen atoms in total. The van der Waals surface area contributed by atoms with Gasteiger partial charge in [-0.2, -0.15) is 0 Å². The van der Waals surface area contributed by atoms with Crippen molar-refractivity contribution in [1.82, 2.24) is 4.90 Å². The van der Waals surface area contributed by atoms with E-state index in [4.69, 9.17) is 4.74 Å². The second-order valence-corrected chi connectivity index (χ2v) is 5.45. The lowest BCUT2D eigenvalue weighted by atomic mass is 9.82. The van der Waals surface area contributed by atoms with E-state index < -0.39 is 11.4 Å². The first kappa shape index (κ1) is 16.0. The lowest BCUT2D eigenvalue weighted by Gasteiger charge is -2.31. The highest BCUT2D eigenvalue weighted by Gasteiger charge is 2.44. The summed E-state index contributed by atoms with van der Waals surface area (Å²) in [5, 5.41) is 9.41. The fourth-order valence-electron chi connectivity index (χ4n) is 2.97. The maximum absolute atomic E-state index is 12.4. The van der Waals surface area contributed by atoms with Crippen LogP contribution in [0.2, 0.25) is 0 Å². The van der Waals surface area contributed by atoms with Gasteiger partial charge < -0.3 is 14.7 Å². The number of methoxy groups -OCH3 is 1. The molecule has 0 aromatic carbocycles. The Hall–Kier alpha value is -1.10. The zero-order valence-electron chi connectivity index (χ0n) is 12.1. The lowest BCUT2D eigenvalue weighted by molar-refractivity contribution is -0.154. The second-order valence-electron chi connectivity index (χ2n) is 5.45. The van der Waals surface area contributed by atoms with E-state index in [2.05, 4.69) is 0 Å². The summed E-state index contributed by atoms with van der Waals surface area (Å²) in [5.41, 5.74) is -0.836. The molecule has 5 heteroatoms. The van der Waals surface area contributed by atoms with Gasteiger partial charge in [-0.15, -0.1) is 0 Å². The summed E-state index contributed by atoms with van der Waals surface area (Å²) >= 11 is 0. The predicted molar refractivity (Wildman–Crippen MR) is 71.9 cm³/mol. The molecule has 1 unspecified atom stereocenters. The number of hydrogen-bond donors (Lipinski definition) is 1. The summed E-state index contributed by atoms with van der Waals surface area (Å²) in [6.07, 6.45) is 3.15. The number of carboxylic acid groups (broad SMARTS) is 1. The number of carbonyl (C=O) groups is 2. The number of rotatable bonds is 7. The highest BCUT2D eigenvalue weighted by molar-refractivity contribution is 5.85. The molecule has 1 amide bonds. The summed E-state index contributed by atoms with van der Waals surface area (Å²) in [4.78, 5) is 25.5. The Labute approximate surface area is 114 Å². The van der Waals surface area contributed by atoms with Crippen LogP contribution >= 0.6 is 0 Å². The zero-order chi connectivity index (χ0) is 14.5. The minimum absolute atomic E-state index is 0.0188. The van der Waals surface area contributed by atoms with Crippen LogP contribution in [0.5, 0.6) is 0 Å². The third-order valence-electron chi connectivity index (χ3n) is 4.10. The van der Waals surface area contributed by atoms with E-state index in [9.17, 15) is 14.7 Å². The number of amides is 1. The fraction of sp³-hybridized carbons (Fsp3) is 0.857. The third-order valence-corrected chi connectivity index (χ3v) is 4.10. The number of carboxylic acids is 1. The van der Waals surface area contributed by atoms with Crippen molar-refractivity contribution < 1.29 is 19.4 Å². The molecule has 0 aromatic rings. The van der Waals surface area contributed by atoms with Crippen LogP contribution in [0.3, 0.4) is 0 Å². The molecular formula is C14H25NO4. The van der Waals surface area contributed by atoms with Gasteiger partial charge in [0.25, 0.3) is 0 Å². The van der Waals surface area contributed by atoms with E-state index in [-0.39, 0.29) is 18.4 Å². The van der Waals surface area contributed by atoms with Crippen LogP contribution in [0.15, 0.2) is 0 Å². The Morgan fingerprint density at radius 1 is 1.37 bits per heavy atom. The van der Waals surface area contributed by atoms with Gasteiger partial charge in [0, 0.05) is 20.1 Å². The van der Waals surface area contributed by atoms with E-state index in [1.54, 1.807) is 12.0 Å². The van der Waals surface area contributed by atoms with Gasteiger partial charge in [-0.25, -0.2) is 0 Å². The topological polar surface area (TPSA) is 66.8 Å². The smallest absolute Gasteiger partial charge is 0.310 e. The van der Waals surface area contributed by atoms with Crippen LogP contribution in [0.1, 0.15) is 46.0 Å². The Bertz CT molecular complexity index is 323. The quantitative estimate of drug-likeness (QED) is 0.768. The highest BCUT2D eigenvalue weighted by atomic mass is 16.5. The van der Waals surface area contributed by atoms with Crippen molar-refractivity contribution in [1.29, 1.82) is 0 Å². The second kappa shape index (κ2) is 6.89. The van der Waals surface area contributed by atoms with Crippen molar-refractivity contribution in [3.8, 4) is 0 Å². The average Bonchev–Trinajstić information content (AvgIpc) is 2.80. The molecule has 19 heavy (non-hydrogen) atoms. The van der Waals surface area contributed by atoms with E-state index in [1.807, 2.05) is 13.8 Å². The molecule has 110 valence electrons. The summed E-state index contributed by atoms with van der Waals surface area (Å²) in [5.74, 6) is -0.898. The van der Waals surface area contributed by atoms with Crippen LogP contribution in [0, 0.1) is 5.41 Å². The molecule has 1 N–H and O–H groups in total. The number of carbonyl (C=O) groups excluding carboxylic acids is 1. The molecule has 1 saturated carbocycles. The van der Waals surface area contributed by atoms with Gasteiger partial charge in [0.15, 0.2) is 0 Å². The molecule has 0 saturated heterocycles. The molecule has 1 rings (SSSR count). The van der Waals surface area contributed by atoms with Crippen molar-refractivity contribution in [3.05, 3.63) is 0 Å². The SMILES string of the molecule is CCN(C(=O)CC1(C(=O)O)CCCC1)C(C)COC. The van der Waals surface area contributed by atoms with Gasteiger partial charge in [0.05, 0.1) is 18.1 Å². The number of aliphatic carboxylic acids is 1. The van der Waals surface area contributed by atoms with Crippen LogP contribution in [0.25, 0.3) is 0 Å². The van der Waals surface area contributed by atoms with Crippen molar-refractivity contribution in [2.45, 2.75) is 52.0 Å². The molecule has 1 atom stereocenters. The molecule has 1 aliphatic carbocycles. The molecule has 1 aliphatic rings. The molecule has 1 fully saturated rings. The summed E-state index contributed by atoms with van der Waals surface area (Å²) in [6, 6.07) is -0.0188. The first-order valence-electron chi connectivity index (χ1n) is 6.98. The van der Waals surface area contributed by atoms with Crippen molar-refractivity contribution in [2.75, 3.05) is 20.3 Å². The molecule has 0 heterocycles. The van der Waals surface area contributed by atoms with E-state index in [0.29, 0.717) is 26.0 Å². The Kier molecular flexibility index (Phi) is 5.79. The Morgan fingerprint density at radius 2 is 1.95 bits per heavy atom. The monoisotopic (exact) mass is 271 g/mol. The predicted octanol–water partition coefficient (Wildman–Crippen LogP) is 1.90. The number of nitrogens with zero attached hydrogens (tertiary/aromatic N) is 1. The molecular weight excluding hydrogens is 246 g/mol. The van der Waals surface area contributed by atoms with E-state index in [0.717, 1.165) is 12.8 Å². The van der Waals surface area contributed by atoms with Crippen molar-refractivity contribution in [3.63, 3.8) is 0 Å². The first-order chi connectivity index (χ1) is 8.96. The largest absolute Gasteiger partial charge is 0.481 e. The minimum Gasteiger partial charge on any atom is -0.481 e. The van der Waals surface area contributed by atoms with Crippen molar-refractivity contribution >= 4 is 11.9 Å². The standard InChI is InChI=1S/C14H25NO4/c1-4-15(11(2)10-19-3)12(16)9-14(13(17)18)7-5-6-8-14/h11H,4-10H2,1-3H3,(H,17,18). The van der Waals surface area contributed by atoms with Crippen LogP contribution in [-0.2, 0) is 14.3 Å². The third kappa shape index (κ3) is 3.69. The number of hydrogen-bond acceptors (Lipinski definition) is 3. The molecule has 0 radical (unpaired) electrons. The molecule has 0 aliphatic heterocycles. The minimum atomic E-state index is -0.836. The lowest BCUT2D eigenvalue weighted by Crippen LogP contribution is -2.44. The maximum Gasteiger partial charge on any atom is 0.310 e. The fourth-order valence-corrected chi connectivity index (χ4v) is 2.97. The highest BCUT2D eigenvalue weighted by Crippen LogP contribution is 2.41. The summed E-state index contributed by atoms with van der Waals surface area (Å²) in [7, 11) is 1.60. The molecule has 0 aromatic heterocycles. The first-order valence-corrected chi connectivity index (χ1v) is 6.98. The summed E-state index contributed by atoms with van der Waals surface area (Å²) < 4.78 is 5.07. The van der Waals surface area contributed by atoms with Gasteiger partial charge in [-0.3, -0.25) is 9.59 Å². The van der Waals surface area contributed by atoms with E-state index >= 15 is 0 Å². The number of likely N-dealkylation sites (N-methyl/N-ethyl adjacent to an activating group) is 1. The van der Waals surface area contributed by atoms with Gasteiger partial charge in [-0.1, -0.05) is 12.8 Å². The van der Waals surface area contributed by atoms with Gasteiger partial charge >= 0.3 is 5.97 Å². The molecule has 0 spiro atoms. The number of ether oxygens (including phenoxy) is 1. The molecule has 0 bridgehead atoms. The normalized spacial score (nSPS) is 19.1. The average molecular weight is 271 g/mol. The Morgan fingerprint density at radius 3 is 2.37 bits per heavy atom. The maximum atomic E-state index is 12.4. The van der Waals surface area contributed by atoms with Gasteiger partial charge in [0.2, 0.25) is 5.91 Å². The van der Waals surface area contributed by atoms with E-state index in [1.165, 1.54) is 0 Å². The van der Waals surface area contributed by atoms with Crippen LogP contribution in [-0.4, -0.2) is 48.2 Å². The van der Waals surface area contributed by atoms with Gasteiger partial charge in [0.1, 0.15) is 0 Å². The van der Waals surface area contributed by atoms with Crippen LogP contribution in [0.4, 0.5) is 0 Å². The zero-order valence-corrected chi connectivity index (χ0v) is 12.1. The van der Waals surface area contributed by atoms with Crippen molar-refractivity contribution in [2.24, 2.45) is 5.41 Å². The Balaban J connectivity index is 2.72. The van der Waals surface area contributed by atoms with Gasteiger partial charge in [-0.05, 0) is 26.7 Å².